The molecule has 0 saturated heterocycles. The van der Waals surface area contributed by atoms with Gasteiger partial charge in [0, 0.05) is 6.42 Å². The van der Waals surface area contributed by atoms with Crippen LogP contribution >= 0.6 is 0 Å². The van der Waals surface area contributed by atoms with E-state index in [-0.39, 0.29) is 5.91 Å². The highest BCUT2D eigenvalue weighted by atomic mass is 16.2. The van der Waals surface area contributed by atoms with Crippen LogP contribution in [0, 0.1) is 0 Å². The molecule has 0 saturated carbocycles. The van der Waals surface area contributed by atoms with Gasteiger partial charge in [-0.1, -0.05) is 67.6 Å². The second kappa shape index (κ2) is 8.00. The molecule has 1 N–H and O–H groups in total. The summed E-state index contributed by atoms with van der Waals surface area (Å²) in [6.07, 6.45) is 1.96. The van der Waals surface area contributed by atoms with Crippen molar-refractivity contribution in [2.75, 3.05) is 0 Å². The number of rotatable bonds is 6. The van der Waals surface area contributed by atoms with E-state index >= 15 is 0 Å². The van der Waals surface area contributed by atoms with Crippen LogP contribution in [0.1, 0.15) is 30.9 Å². The Balaban J connectivity index is 1.88. The Morgan fingerprint density at radius 1 is 1.00 bits per heavy atom. The van der Waals surface area contributed by atoms with Crippen molar-refractivity contribution >= 4 is 11.6 Å². The van der Waals surface area contributed by atoms with Crippen LogP contribution in [0.25, 0.3) is 0 Å². The van der Waals surface area contributed by atoms with Gasteiger partial charge in [0.25, 0.3) is 0 Å². The number of nitrogens with one attached hydrogen (secondary N) is 1. The van der Waals surface area contributed by atoms with E-state index in [1.54, 1.807) is 0 Å². The number of aryl methyl sites for hydroxylation is 1. The zero-order valence-corrected chi connectivity index (χ0v) is 12.3. The van der Waals surface area contributed by atoms with Crippen LogP contribution in [0.4, 0.5) is 0 Å². The lowest BCUT2D eigenvalue weighted by atomic mass is 10.1. The van der Waals surface area contributed by atoms with Crippen molar-refractivity contribution in [3.8, 4) is 0 Å². The summed E-state index contributed by atoms with van der Waals surface area (Å²) in [6, 6.07) is 19.9. The molecule has 0 spiro atoms. The van der Waals surface area contributed by atoms with Gasteiger partial charge in [-0.3, -0.25) is 4.79 Å². The summed E-state index contributed by atoms with van der Waals surface area (Å²) in [6.45, 7) is 2.03. The second-order valence-electron chi connectivity index (χ2n) is 4.80. The van der Waals surface area contributed by atoms with Crippen LogP contribution in [0.5, 0.6) is 0 Å². The Morgan fingerprint density at radius 2 is 1.62 bits per heavy atom. The first-order valence-corrected chi connectivity index (χ1v) is 7.24. The monoisotopic (exact) mass is 280 g/mol. The molecule has 0 bridgehead atoms. The summed E-state index contributed by atoms with van der Waals surface area (Å²) in [5, 5.41) is 4.24. The Kier molecular flexibility index (Phi) is 5.71. The number of carbonyl (C=O) groups is 1. The molecule has 2 rings (SSSR count). The summed E-state index contributed by atoms with van der Waals surface area (Å²) >= 11 is 0. The molecule has 0 aromatic heterocycles. The van der Waals surface area contributed by atoms with Crippen LogP contribution < -0.4 is 5.43 Å². The van der Waals surface area contributed by atoms with Gasteiger partial charge in [0.2, 0.25) is 5.91 Å². The standard InChI is InChI=1S/C18H20N2O/c1-2-17(16-11-7-4-8-12-16)19-20-18(21)14-13-15-9-5-3-6-10-15/h3-12H,2,13-14H2,1H3,(H,20,21)/b19-17-. The molecule has 0 heterocycles. The summed E-state index contributed by atoms with van der Waals surface area (Å²) in [7, 11) is 0. The number of hydrazone groups is 1. The summed E-state index contributed by atoms with van der Waals surface area (Å²) in [4.78, 5) is 11.8. The Labute approximate surface area is 125 Å². The minimum absolute atomic E-state index is 0.0549. The van der Waals surface area contributed by atoms with Crippen LogP contribution in [-0.4, -0.2) is 11.6 Å². The van der Waals surface area contributed by atoms with E-state index < -0.39 is 0 Å². The maximum absolute atomic E-state index is 11.8. The first-order valence-electron chi connectivity index (χ1n) is 7.24. The van der Waals surface area contributed by atoms with Crippen LogP contribution in [0.3, 0.4) is 0 Å². The molecule has 0 fully saturated rings. The predicted octanol–water partition coefficient (Wildman–Crippen LogP) is 3.55. The van der Waals surface area contributed by atoms with E-state index in [2.05, 4.69) is 10.5 Å². The average molecular weight is 280 g/mol. The molecule has 21 heavy (non-hydrogen) atoms. The van der Waals surface area contributed by atoms with Crippen molar-refractivity contribution < 1.29 is 4.79 Å². The van der Waals surface area contributed by atoms with Crippen LogP contribution in [0.15, 0.2) is 65.8 Å². The largest absolute Gasteiger partial charge is 0.273 e. The van der Waals surface area contributed by atoms with Gasteiger partial charge in [0.05, 0.1) is 5.71 Å². The number of hydrogen-bond acceptors (Lipinski definition) is 2. The van der Waals surface area contributed by atoms with Crippen molar-refractivity contribution in [1.29, 1.82) is 0 Å². The molecule has 1 amide bonds. The van der Waals surface area contributed by atoms with Crippen molar-refractivity contribution in [2.24, 2.45) is 5.10 Å². The van der Waals surface area contributed by atoms with Gasteiger partial charge in [-0.15, -0.1) is 0 Å². The molecule has 108 valence electrons. The lowest BCUT2D eigenvalue weighted by molar-refractivity contribution is -0.121. The van der Waals surface area contributed by atoms with Crippen molar-refractivity contribution in [3.63, 3.8) is 0 Å². The third-order valence-corrected chi connectivity index (χ3v) is 3.24. The maximum Gasteiger partial charge on any atom is 0.240 e. The Hall–Kier alpha value is -2.42. The molecular formula is C18H20N2O. The normalized spacial score (nSPS) is 11.2. The molecule has 3 nitrogen and oxygen atoms in total. The molecule has 0 atom stereocenters. The zero-order valence-electron chi connectivity index (χ0n) is 12.3. The predicted molar refractivity (Wildman–Crippen MR) is 86.2 cm³/mol. The number of nitrogens with zero attached hydrogens (tertiary/aromatic N) is 1. The van der Waals surface area contributed by atoms with Crippen LogP contribution in [0.2, 0.25) is 0 Å². The number of hydrogen-bond donors (Lipinski definition) is 1. The van der Waals surface area contributed by atoms with Gasteiger partial charge in [0.15, 0.2) is 0 Å². The fraction of sp³-hybridized carbons (Fsp3) is 0.222. The Morgan fingerprint density at radius 3 is 2.24 bits per heavy atom. The summed E-state index contributed by atoms with van der Waals surface area (Å²) in [5.41, 5.74) is 5.75. The molecule has 2 aromatic rings. The van der Waals surface area contributed by atoms with E-state index in [0.717, 1.165) is 29.7 Å². The van der Waals surface area contributed by atoms with Crippen molar-refractivity contribution in [2.45, 2.75) is 26.2 Å². The zero-order chi connectivity index (χ0) is 14.9. The lowest BCUT2D eigenvalue weighted by Gasteiger charge is -2.05. The third kappa shape index (κ3) is 4.88. The summed E-state index contributed by atoms with van der Waals surface area (Å²) in [5.74, 6) is -0.0549. The molecule has 0 aliphatic heterocycles. The topological polar surface area (TPSA) is 41.5 Å². The molecule has 2 aromatic carbocycles. The molecule has 0 aliphatic carbocycles. The molecule has 0 unspecified atom stereocenters. The van der Waals surface area contributed by atoms with Gasteiger partial charge < -0.3 is 0 Å². The van der Waals surface area contributed by atoms with Gasteiger partial charge in [-0.05, 0) is 24.0 Å². The average Bonchev–Trinajstić information content (AvgIpc) is 2.55. The quantitative estimate of drug-likeness (QED) is 0.638. The number of carbonyl (C=O) groups excluding carboxylic acids is 1. The molecular weight excluding hydrogens is 260 g/mol. The molecule has 3 heteroatoms. The summed E-state index contributed by atoms with van der Waals surface area (Å²) < 4.78 is 0. The highest BCUT2D eigenvalue weighted by Crippen LogP contribution is 2.04. The molecule has 0 radical (unpaired) electrons. The van der Waals surface area contributed by atoms with E-state index in [1.165, 1.54) is 0 Å². The maximum atomic E-state index is 11.8. The highest BCUT2D eigenvalue weighted by molar-refractivity contribution is 6.00. The van der Waals surface area contributed by atoms with E-state index in [4.69, 9.17) is 0 Å². The fourth-order valence-electron chi connectivity index (χ4n) is 2.07. The van der Waals surface area contributed by atoms with Crippen molar-refractivity contribution in [1.82, 2.24) is 5.43 Å². The lowest BCUT2D eigenvalue weighted by Crippen LogP contribution is -2.20. The van der Waals surface area contributed by atoms with Crippen molar-refractivity contribution in [3.05, 3.63) is 71.8 Å². The SMILES string of the molecule is CC/C(=N/NC(=O)CCc1ccccc1)c1ccccc1. The highest BCUT2D eigenvalue weighted by Gasteiger charge is 2.03. The minimum Gasteiger partial charge on any atom is -0.273 e. The van der Waals surface area contributed by atoms with Gasteiger partial charge in [-0.25, -0.2) is 5.43 Å². The smallest absolute Gasteiger partial charge is 0.240 e. The van der Waals surface area contributed by atoms with E-state index in [1.807, 2.05) is 67.6 Å². The van der Waals surface area contributed by atoms with Gasteiger partial charge >= 0.3 is 0 Å². The molecule has 0 aliphatic rings. The van der Waals surface area contributed by atoms with Crippen LogP contribution in [-0.2, 0) is 11.2 Å². The first-order chi connectivity index (χ1) is 10.3. The first kappa shape index (κ1) is 15.0. The Bertz CT molecular complexity index is 591. The van der Waals surface area contributed by atoms with E-state index in [9.17, 15) is 4.79 Å². The number of amides is 1. The fourth-order valence-corrected chi connectivity index (χ4v) is 2.07. The third-order valence-electron chi connectivity index (χ3n) is 3.24. The number of benzene rings is 2. The second-order valence-corrected chi connectivity index (χ2v) is 4.80. The van der Waals surface area contributed by atoms with Gasteiger partial charge in [-0.2, -0.15) is 5.10 Å². The van der Waals surface area contributed by atoms with Gasteiger partial charge in [0.1, 0.15) is 0 Å². The minimum atomic E-state index is -0.0549. The van der Waals surface area contributed by atoms with E-state index in [0.29, 0.717) is 6.42 Å².